The summed E-state index contributed by atoms with van der Waals surface area (Å²) in [5, 5.41) is 9.28. The number of carbonyl (C=O) groups is 2. The molecule has 1 aromatic rings. The molecule has 0 aliphatic carbocycles. The number of hydrogen-bond donors (Lipinski definition) is 0. The van der Waals surface area contributed by atoms with Crippen LogP contribution in [0.4, 0.5) is 0 Å². The van der Waals surface area contributed by atoms with Crippen LogP contribution in [0.25, 0.3) is 0 Å². The van der Waals surface area contributed by atoms with Gasteiger partial charge in [0.15, 0.2) is 0 Å². The van der Waals surface area contributed by atoms with Crippen LogP contribution in [0.15, 0.2) is 40.5 Å². The Hall–Kier alpha value is -2.98. The number of benzene rings is 1. The summed E-state index contributed by atoms with van der Waals surface area (Å²) in [5.74, 6) is -2.46. The standard InChI is InChI=1S/C22H24N2O5/c1-13-18(21(25)27-3)20(16-7-4-6-15(10-16)11-23)19(14(2)24-13)22(26)29-12-17-8-5-9-28-17/h4,6-7,10,17,19-20H,5,8-9,12H2,1-3H3. The first-order chi connectivity index (χ1) is 14.0. The van der Waals surface area contributed by atoms with E-state index in [0.29, 0.717) is 34.7 Å². The van der Waals surface area contributed by atoms with Crippen LogP contribution >= 0.6 is 0 Å². The summed E-state index contributed by atoms with van der Waals surface area (Å²) in [7, 11) is 1.29. The maximum absolute atomic E-state index is 13.1. The molecule has 2 aliphatic heterocycles. The van der Waals surface area contributed by atoms with Crippen molar-refractivity contribution in [2.24, 2.45) is 10.9 Å². The highest BCUT2D eigenvalue weighted by atomic mass is 16.6. The molecular formula is C22H24N2O5. The molecule has 0 aromatic heterocycles. The molecule has 0 bridgehead atoms. The van der Waals surface area contributed by atoms with Gasteiger partial charge >= 0.3 is 11.9 Å². The van der Waals surface area contributed by atoms with E-state index in [1.54, 1.807) is 38.1 Å². The van der Waals surface area contributed by atoms with E-state index in [-0.39, 0.29) is 12.7 Å². The Morgan fingerprint density at radius 1 is 1.34 bits per heavy atom. The molecular weight excluding hydrogens is 372 g/mol. The lowest BCUT2D eigenvalue weighted by Crippen LogP contribution is -2.37. The molecule has 0 N–H and O–H groups in total. The Morgan fingerprint density at radius 3 is 2.79 bits per heavy atom. The minimum atomic E-state index is -0.789. The van der Waals surface area contributed by atoms with E-state index < -0.39 is 23.8 Å². The average Bonchev–Trinajstić information content (AvgIpc) is 3.24. The van der Waals surface area contributed by atoms with Crippen LogP contribution in [-0.4, -0.2) is 44.1 Å². The van der Waals surface area contributed by atoms with E-state index in [4.69, 9.17) is 14.2 Å². The fourth-order valence-corrected chi connectivity index (χ4v) is 3.92. The van der Waals surface area contributed by atoms with Gasteiger partial charge in [0.25, 0.3) is 0 Å². The predicted octanol–water partition coefficient (Wildman–Crippen LogP) is 2.90. The van der Waals surface area contributed by atoms with Gasteiger partial charge in [-0.05, 0) is 44.4 Å². The van der Waals surface area contributed by atoms with E-state index in [1.165, 1.54) is 7.11 Å². The third-order valence-electron chi connectivity index (χ3n) is 5.30. The van der Waals surface area contributed by atoms with Crippen LogP contribution < -0.4 is 0 Å². The number of allylic oxidation sites excluding steroid dienone is 1. The van der Waals surface area contributed by atoms with Gasteiger partial charge in [-0.2, -0.15) is 5.26 Å². The van der Waals surface area contributed by atoms with E-state index in [1.807, 2.05) is 0 Å². The third-order valence-corrected chi connectivity index (χ3v) is 5.30. The van der Waals surface area contributed by atoms with Crippen LogP contribution in [0.3, 0.4) is 0 Å². The molecule has 1 saturated heterocycles. The van der Waals surface area contributed by atoms with Gasteiger partial charge in [0.05, 0.1) is 30.4 Å². The topological polar surface area (TPSA) is 98.0 Å². The normalized spacial score (nSPS) is 23.9. The highest BCUT2D eigenvalue weighted by Gasteiger charge is 2.42. The highest BCUT2D eigenvalue weighted by Crippen LogP contribution is 2.40. The second-order valence-electron chi connectivity index (χ2n) is 7.20. The number of hydrogen-bond acceptors (Lipinski definition) is 7. The van der Waals surface area contributed by atoms with Gasteiger partial charge in [-0.15, -0.1) is 0 Å². The molecule has 3 unspecified atom stereocenters. The summed E-state index contributed by atoms with van der Waals surface area (Å²) in [5.41, 5.74) is 2.45. The first-order valence-electron chi connectivity index (χ1n) is 9.58. The number of rotatable bonds is 5. The van der Waals surface area contributed by atoms with Crippen molar-refractivity contribution in [2.75, 3.05) is 20.3 Å². The van der Waals surface area contributed by atoms with Crippen molar-refractivity contribution in [3.63, 3.8) is 0 Å². The van der Waals surface area contributed by atoms with Crippen molar-refractivity contribution in [1.29, 1.82) is 5.26 Å². The number of esters is 2. The van der Waals surface area contributed by atoms with Gasteiger partial charge in [0.1, 0.15) is 12.5 Å². The summed E-state index contributed by atoms with van der Waals surface area (Å²) in [6.07, 6.45) is 1.70. The van der Waals surface area contributed by atoms with Crippen molar-refractivity contribution in [3.8, 4) is 6.07 Å². The lowest BCUT2D eigenvalue weighted by Gasteiger charge is -2.31. The van der Waals surface area contributed by atoms with Crippen LogP contribution in [0, 0.1) is 17.2 Å². The Labute approximate surface area is 170 Å². The van der Waals surface area contributed by atoms with E-state index >= 15 is 0 Å². The van der Waals surface area contributed by atoms with Crippen molar-refractivity contribution in [2.45, 2.75) is 38.7 Å². The first-order valence-corrected chi connectivity index (χ1v) is 9.58. The van der Waals surface area contributed by atoms with Crippen LogP contribution in [0.1, 0.15) is 43.7 Å². The van der Waals surface area contributed by atoms with Crippen LogP contribution in [-0.2, 0) is 23.8 Å². The zero-order valence-electron chi connectivity index (χ0n) is 16.8. The summed E-state index contributed by atoms with van der Waals surface area (Å²) >= 11 is 0. The molecule has 3 atom stereocenters. The zero-order chi connectivity index (χ0) is 21.0. The maximum Gasteiger partial charge on any atom is 0.336 e. The van der Waals surface area contributed by atoms with Crippen molar-refractivity contribution < 1.29 is 23.8 Å². The monoisotopic (exact) mass is 396 g/mol. The first kappa shape index (κ1) is 20.7. The maximum atomic E-state index is 13.1. The molecule has 2 heterocycles. The minimum absolute atomic E-state index is 0.0995. The number of nitrogens with zero attached hydrogens (tertiary/aromatic N) is 2. The number of nitriles is 1. The summed E-state index contributed by atoms with van der Waals surface area (Å²) in [6.45, 7) is 4.30. The zero-order valence-corrected chi connectivity index (χ0v) is 16.8. The second-order valence-corrected chi connectivity index (χ2v) is 7.20. The fraction of sp³-hybridized carbons (Fsp3) is 0.455. The fourth-order valence-electron chi connectivity index (χ4n) is 3.92. The minimum Gasteiger partial charge on any atom is -0.466 e. The molecule has 2 aliphatic rings. The molecule has 1 aromatic carbocycles. The van der Waals surface area contributed by atoms with E-state index in [0.717, 1.165) is 12.8 Å². The van der Waals surface area contributed by atoms with Crippen molar-refractivity contribution in [3.05, 3.63) is 46.7 Å². The molecule has 0 saturated carbocycles. The molecule has 152 valence electrons. The van der Waals surface area contributed by atoms with Gasteiger partial charge in [-0.25, -0.2) is 4.79 Å². The molecule has 0 amide bonds. The summed E-state index contributed by atoms with van der Waals surface area (Å²) in [4.78, 5) is 30.1. The molecule has 29 heavy (non-hydrogen) atoms. The van der Waals surface area contributed by atoms with E-state index in [9.17, 15) is 14.9 Å². The van der Waals surface area contributed by atoms with Crippen LogP contribution in [0.5, 0.6) is 0 Å². The Bertz CT molecular complexity index is 906. The Morgan fingerprint density at radius 2 is 2.14 bits per heavy atom. The Kier molecular flexibility index (Phi) is 6.45. The SMILES string of the molecule is COC(=O)C1=C(C)N=C(C)C(C(=O)OCC2CCCO2)C1c1cccc(C#N)c1. The predicted molar refractivity (Wildman–Crippen MR) is 105 cm³/mol. The van der Waals surface area contributed by atoms with Gasteiger partial charge in [-0.3, -0.25) is 9.79 Å². The highest BCUT2D eigenvalue weighted by molar-refractivity contribution is 6.07. The molecule has 0 radical (unpaired) electrons. The van der Waals surface area contributed by atoms with Crippen molar-refractivity contribution in [1.82, 2.24) is 0 Å². The summed E-state index contributed by atoms with van der Waals surface area (Å²) in [6, 6.07) is 8.97. The quantitative estimate of drug-likeness (QED) is 0.710. The molecule has 7 nitrogen and oxygen atoms in total. The van der Waals surface area contributed by atoms with Gasteiger partial charge in [0.2, 0.25) is 0 Å². The van der Waals surface area contributed by atoms with Crippen molar-refractivity contribution >= 4 is 17.7 Å². The number of methoxy groups -OCH3 is 1. The number of carbonyl (C=O) groups excluding carboxylic acids is 2. The molecule has 1 fully saturated rings. The van der Waals surface area contributed by atoms with Crippen LogP contribution in [0.2, 0.25) is 0 Å². The number of ether oxygens (including phenoxy) is 3. The molecule has 3 rings (SSSR count). The lowest BCUT2D eigenvalue weighted by molar-refractivity contribution is -0.150. The largest absolute Gasteiger partial charge is 0.466 e. The summed E-state index contributed by atoms with van der Waals surface area (Å²) < 4.78 is 16.1. The second kappa shape index (κ2) is 9.01. The van der Waals surface area contributed by atoms with Gasteiger partial charge < -0.3 is 14.2 Å². The molecule has 0 spiro atoms. The molecule has 7 heteroatoms. The number of aliphatic imine (C=N–C) groups is 1. The smallest absolute Gasteiger partial charge is 0.336 e. The third kappa shape index (κ3) is 4.38. The van der Waals surface area contributed by atoms with E-state index in [2.05, 4.69) is 11.1 Å². The Balaban J connectivity index is 1.99. The van der Waals surface area contributed by atoms with Gasteiger partial charge in [-0.1, -0.05) is 12.1 Å². The average molecular weight is 396 g/mol. The van der Waals surface area contributed by atoms with Gasteiger partial charge in [0, 0.05) is 23.9 Å². The lowest BCUT2D eigenvalue weighted by atomic mass is 9.75.